The zero-order valence-corrected chi connectivity index (χ0v) is 9.27. The van der Waals surface area contributed by atoms with Crippen molar-refractivity contribution in [2.24, 2.45) is 0 Å². The van der Waals surface area contributed by atoms with E-state index in [-0.39, 0.29) is 12.4 Å². The molecule has 4 nitrogen and oxygen atoms in total. The number of carbonyl (C=O) groups excluding carboxylic acids is 1. The molecule has 0 radical (unpaired) electrons. The van der Waals surface area contributed by atoms with E-state index >= 15 is 0 Å². The van der Waals surface area contributed by atoms with Crippen molar-refractivity contribution in [3.63, 3.8) is 0 Å². The van der Waals surface area contributed by atoms with Crippen LogP contribution in [0.1, 0.15) is 27.6 Å². The highest BCUT2D eigenvalue weighted by Gasteiger charge is 2.00. The third kappa shape index (κ3) is 3.40. The Balaban J connectivity index is 0.000000165. The minimum Gasteiger partial charge on any atom is -0.467 e. The smallest absolute Gasteiger partial charge is 0.185 e. The fraction of sp³-hybridized carbons (Fsp3) is 0.250. The maximum absolute atomic E-state index is 10.0. The Morgan fingerprint density at radius 2 is 1.88 bits per heavy atom. The second-order valence-corrected chi connectivity index (χ2v) is 3.24. The van der Waals surface area contributed by atoms with Gasteiger partial charge in [-0.2, -0.15) is 0 Å². The Labute approximate surface area is 93.5 Å². The van der Waals surface area contributed by atoms with Crippen molar-refractivity contribution in [3.05, 3.63) is 47.3 Å². The van der Waals surface area contributed by atoms with E-state index in [0.29, 0.717) is 11.8 Å². The van der Waals surface area contributed by atoms with E-state index in [1.807, 2.05) is 26.0 Å². The Morgan fingerprint density at radius 1 is 1.25 bits per heavy atom. The number of carbonyl (C=O) groups is 1. The summed E-state index contributed by atoms with van der Waals surface area (Å²) in [6.07, 6.45) is 1.95. The van der Waals surface area contributed by atoms with E-state index < -0.39 is 0 Å². The second kappa shape index (κ2) is 5.92. The first-order chi connectivity index (χ1) is 7.67. The van der Waals surface area contributed by atoms with Crippen LogP contribution in [0.5, 0.6) is 0 Å². The number of hydrogen-bond donors (Lipinski definition) is 1. The molecular weight excluding hydrogens is 208 g/mol. The van der Waals surface area contributed by atoms with Gasteiger partial charge in [0.15, 0.2) is 12.0 Å². The van der Waals surface area contributed by atoms with Gasteiger partial charge in [0.2, 0.25) is 0 Å². The molecule has 2 rings (SSSR count). The standard InChI is InChI=1S/C6H6O3.C6H8O/c7-3-5-1-2-9-6(5)4-8;1-5-3-4-6(2)7-5/h1-2,4,7H,3H2;3-4H,1-2H3. The lowest BCUT2D eigenvalue weighted by Crippen LogP contribution is -1.84. The number of aldehydes is 1. The summed E-state index contributed by atoms with van der Waals surface area (Å²) in [5, 5.41) is 8.52. The molecule has 0 amide bonds. The summed E-state index contributed by atoms with van der Waals surface area (Å²) < 4.78 is 9.76. The molecule has 0 atom stereocenters. The summed E-state index contributed by atoms with van der Waals surface area (Å²) in [5.74, 6) is 2.17. The van der Waals surface area contributed by atoms with E-state index in [0.717, 1.165) is 11.5 Å². The molecular formula is C12H14O4. The van der Waals surface area contributed by atoms with Crippen LogP contribution in [-0.2, 0) is 6.61 Å². The molecule has 1 N–H and O–H groups in total. The van der Waals surface area contributed by atoms with Crippen LogP contribution in [0.15, 0.2) is 33.3 Å². The lowest BCUT2D eigenvalue weighted by atomic mass is 10.3. The van der Waals surface area contributed by atoms with E-state index in [2.05, 4.69) is 4.42 Å². The lowest BCUT2D eigenvalue weighted by molar-refractivity contribution is 0.109. The molecule has 0 fully saturated rings. The van der Waals surface area contributed by atoms with Gasteiger partial charge in [-0.05, 0) is 32.0 Å². The van der Waals surface area contributed by atoms with Crippen molar-refractivity contribution in [3.8, 4) is 0 Å². The molecule has 0 bridgehead atoms. The first-order valence-electron chi connectivity index (χ1n) is 4.82. The quantitative estimate of drug-likeness (QED) is 0.793. The van der Waals surface area contributed by atoms with Gasteiger partial charge in [-0.25, -0.2) is 0 Å². The number of rotatable bonds is 2. The van der Waals surface area contributed by atoms with Crippen LogP contribution >= 0.6 is 0 Å². The van der Waals surface area contributed by atoms with Crippen LogP contribution in [0.2, 0.25) is 0 Å². The number of aliphatic hydroxyl groups is 1. The summed E-state index contributed by atoms with van der Waals surface area (Å²) >= 11 is 0. The molecule has 16 heavy (non-hydrogen) atoms. The largest absolute Gasteiger partial charge is 0.467 e. The van der Waals surface area contributed by atoms with Gasteiger partial charge in [-0.3, -0.25) is 4.79 Å². The Hall–Kier alpha value is -1.81. The van der Waals surface area contributed by atoms with Crippen LogP contribution in [0.4, 0.5) is 0 Å². The molecule has 2 aromatic rings. The van der Waals surface area contributed by atoms with Crippen molar-refractivity contribution in [1.82, 2.24) is 0 Å². The fourth-order valence-electron chi connectivity index (χ4n) is 1.14. The number of aryl methyl sites for hydroxylation is 2. The van der Waals surface area contributed by atoms with Gasteiger partial charge in [-0.15, -0.1) is 0 Å². The van der Waals surface area contributed by atoms with E-state index in [9.17, 15) is 4.79 Å². The van der Waals surface area contributed by atoms with Gasteiger partial charge in [0.1, 0.15) is 11.5 Å². The van der Waals surface area contributed by atoms with Crippen LogP contribution in [0.3, 0.4) is 0 Å². The van der Waals surface area contributed by atoms with Crippen LogP contribution in [0.25, 0.3) is 0 Å². The second-order valence-electron chi connectivity index (χ2n) is 3.24. The molecule has 0 aliphatic heterocycles. The van der Waals surface area contributed by atoms with Crippen LogP contribution < -0.4 is 0 Å². The summed E-state index contributed by atoms with van der Waals surface area (Å²) in [4.78, 5) is 10.0. The van der Waals surface area contributed by atoms with Crippen molar-refractivity contribution in [2.45, 2.75) is 20.5 Å². The van der Waals surface area contributed by atoms with E-state index in [1.54, 1.807) is 6.07 Å². The van der Waals surface area contributed by atoms with Crippen LogP contribution in [-0.4, -0.2) is 11.4 Å². The monoisotopic (exact) mass is 222 g/mol. The van der Waals surface area contributed by atoms with Gasteiger partial charge in [0, 0.05) is 5.56 Å². The highest BCUT2D eigenvalue weighted by atomic mass is 16.3. The molecule has 0 spiro atoms. The highest BCUT2D eigenvalue weighted by Crippen LogP contribution is 2.06. The first kappa shape index (κ1) is 12.3. The molecule has 2 aromatic heterocycles. The average Bonchev–Trinajstić information content (AvgIpc) is 2.87. The van der Waals surface area contributed by atoms with Crippen molar-refractivity contribution in [2.75, 3.05) is 0 Å². The first-order valence-corrected chi connectivity index (χ1v) is 4.82. The summed E-state index contributed by atoms with van der Waals surface area (Å²) in [7, 11) is 0. The maximum Gasteiger partial charge on any atom is 0.185 e. The topological polar surface area (TPSA) is 63.6 Å². The fourth-order valence-corrected chi connectivity index (χ4v) is 1.14. The van der Waals surface area contributed by atoms with Crippen molar-refractivity contribution in [1.29, 1.82) is 0 Å². The van der Waals surface area contributed by atoms with E-state index in [1.165, 1.54) is 6.26 Å². The third-order valence-corrected chi connectivity index (χ3v) is 1.93. The van der Waals surface area contributed by atoms with Crippen LogP contribution in [0, 0.1) is 13.8 Å². The zero-order valence-electron chi connectivity index (χ0n) is 9.27. The number of hydrogen-bond acceptors (Lipinski definition) is 4. The van der Waals surface area contributed by atoms with Gasteiger partial charge < -0.3 is 13.9 Å². The number of aliphatic hydroxyl groups excluding tert-OH is 1. The van der Waals surface area contributed by atoms with E-state index in [4.69, 9.17) is 9.52 Å². The highest BCUT2D eigenvalue weighted by molar-refractivity contribution is 5.72. The molecule has 4 heteroatoms. The summed E-state index contributed by atoms with van der Waals surface area (Å²) in [6.45, 7) is 3.73. The van der Waals surface area contributed by atoms with Gasteiger partial charge in [0.05, 0.1) is 12.9 Å². The molecule has 0 aliphatic carbocycles. The minimum absolute atomic E-state index is 0.148. The maximum atomic E-state index is 10.0. The Kier molecular flexibility index (Phi) is 4.54. The zero-order chi connectivity index (χ0) is 12.0. The van der Waals surface area contributed by atoms with Crippen molar-refractivity contribution >= 4 is 6.29 Å². The number of furan rings is 2. The normalized spacial score (nSPS) is 9.44. The Bertz CT molecular complexity index is 423. The molecule has 2 heterocycles. The Morgan fingerprint density at radius 3 is 2.19 bits per heavy atom. The van der Waals surface area contributed by atoms with Crippen molar-refractivity contribution < 1.29 is 18.7 Å². The summed E-state index contributed by atoms with van der Waals surface area (Å²) in [5.41, 5.74) is 0.532. The predicted molar refractivity (Wildman–Crippen MR) is 58.2 cm³/mol. The molecule has 0 saturated heterocycles. The third-order valence-electron chi connectivity index (χ3n) is 1.93. The minimum atomic E-state index is -0.148. The van der Waals surface area contributed by atoms with Gasteiger partial charge in [-0.1, -0.05) is 0 Å². The summed E-state index contributed by atoms with van der Waals surface area (Å²) in [6, 6.07) is 5.47. The van der Waals surface area contributed by atoms with Gasteiger partial charge in [0.25, 0.3) is 0 Å². The molecule has 0 saturated carbocycles. The SMILES string of the molecule is Cc1ccc(C)o1.O=Cc1occc1CO. The molecule has 0 aromatic carbocycles. The molecule has 0 aliphatic rings. The predicted octanol–water partition coefficient (Wildman–Crippen LogP) is 2.48. The molecule has 0 unspecified atom stereocenters. The van der Waals surface area contributed by atoms with Gasteiger partial charge >= 0.3 is 0 Å². The lowest BCUT2D eigenvalue weighted by Gasteiger charge is -1.85. The average molecular weight is 222 g/mol. The molecule has 86 valence electrons.